The van der Waals surface area contributed by atoms with Gasteiger partial charge in [-0.2, -0.15) is 12.7 Å². The van der Waals surface area contributed by atoms with Gasteiger partial charge < -0.3 is 0 Å². The normalized spacial score (nSPS) is 19.8. The molecule has 6 heteroatoms. The molecule has 0 aromatic rings. The van der Waals surface area contributed by atoms with Crippen molar-refractivity contribution in [2.45, 2.75) is 25.7 Å². The minimum atomic E-state index is -3.19. The van der Waals surface area contributed by atoms with Crippen molar-refractivity contribution in [2.75, 3.05) is 25.0 Å². The summed E-state index contributed by atoms with van der Waals surface area (Å²) in [4.78, 5) is 0. The number of nitrogens with one attached hydrogen (secondary N) is 1. The van der Waals surface area contributed by atoms with Crippen molar-refractivity contribution < 1.29 is 8.42 Å². The summed E-state index contributed by atoms with van der Waals surface area (Å²) in [7, 11) is -3.19. The smallest absolute Gasteiger partial charge is 0.202 e. The van der Waals surface area contributed by atoms with Crippen LogP contribution in [0.2, 0.25) is 0 Å². The molecule has 0 aliphatic carbocycles. The zero-order valence-electron chi connectivity index (χ0n) is 8.21. The highest BCUT2D eigenvalue weighted by atomic mass is 79.9. The molecule has 1 heterocycles. The van der Waals surface area contributed by atoms with Gasteiger partial charge in [0, 0.05) is 25.0 Å². The van der Waals surface area contributed by atoms with Crippen LogP contribution in [0.5, 0.6) is 0 Å². The number of hydrogen-bond acceptors (Lipinski definition) is 2. The monoisotopic (exact) mass is 284 g/mol. The molecule has 0 saturated carbocycles. The first-order valence-electron chi connectivity index (χ1n) is 4.97. The Morgan fingerprint density at radius 1 is 1.21 bits per heavy atom. The standard InChI is InChI=1S/C8H17BrN2O2S/c9-5-4-6-10-14(12,13)11-7-2-1-3-8-11/h10H,1-8H2. The number of halogens is 1. The lowest BCUT2D eigenvalue weighted by molar-refractivity contribution is 0.342. The van der Waals surface area contributed by atoms with Gasteiger partial charge in [-0.15, -0.1) is 0 Å². The van der Waals surface area contributed by atoms with Crippen molar-refractivity contribution in [3.05, 3.63) is 0 Å². The Kier molecular flexibility index (Phi) is 5.36. The van der Waals surface area contributed by atoms with Crippen LogP contribution in [0, 0.1) is 0 Å². The van der Waals surface area contributed by atoms with E-state index in [1.807, 2.05) is 0 Å². The van der Waals surface area contributed by atoms with Crippen LogP contribution >= 0.6 is 15.9 Å². The summed E-state index contributed by atoms with van der Waals surface area (Å²) in [5.74, 6) is 0. The largest absolute Gasteiger partial charge is 0.279 e. The molecule has 1 aliphatic rings. The third kappa shape index (κ3) is 3.84. The summed E-state index contributed by atoms with van der Waals surface area (Å²) in [6.45, 7) is 1.86. The first-order valence-corrected chi connectivity index (χ1v) is 7.53. The number of alkyl halides is 1. The summed E-state index contributed by atoms with van der Waals surface area (Å²) in [5, 5.41) is 0.829. The lowest BCUT2D eigenvalue weighted by atomic mass is 10.2. The molecule has 1 saturated heterocycles. The minimum Gasteiger partial charge on any atom is -0.202 e. The fraction of sp³-hybridized carbons (Fsp3) is 1.00. The fourth-order valence-corrected chi connectivity index (χ4v) is 3.07. The van der Waals surface area contributed by atoms with Crippen LogP contribution in [0.1, 0.15) is 25.7 Å². The average Bonchev–Trinajstić information content (AvgIpc) is 2.19. The molecule has 0 spiro atoms. The quantitative estimate of drug-likeness (QED) is 0.607. The summed E-state index contributed by atoms with van der Waals surface area (Å²) in [6, 6.07) is 0. The van der Waals surface area contributed by atoms with Crippen molar-refractivity contribution >= 4 is 26.1 Å². The van der Waals surface area contributed by atoms with Gasteiger partial charge in [0.2, 0.25) is 0 Å². The van der Waals surface area contributed by atoms with Gasteiger partial charge >= 0.3 is 0 Å². The molecule has 1 rings (SSSR count). The van der Waals surface area contributed by atoms with E-state index in [-0.39, 0.29) is 0 Å². The lowest BCUT2D eigenvalue weighted by Gasteiger charge is -2.25. The molecule has 0 radical (unpaired) electrons. The number of nitrogens with zero attached hydrogens (tertiary/aromatic N) is 1. The maximum atomic E-state index is 11.7. The second kappa shape index (κ2) is 6.05. The van der Waals surface area contributed by atoms with Crippen LogP contribution in [0.15, 0.2) is 0 Å². The van der Waals surface area contributed by atoms with Gasteiger partial charge in [-0.25, -0.2) is 4.72 Å². The molecule has 1 N–H and O–H groups in total. The Morgan fingerprint density at radius 3 is 2.43 bits per heavy atom. The Labute approximate surface area is 94.4 Å². The van der Waals surface area contributed by atoms with E-state index >= 15 is 0 Å². The molecule has 0 unspecified atom stereocenters. The van der Waals surface area contributed by atoms with Gasteiger partial charge in [-0.3, -0.25) is 0 Å². The van der Waals surface area contributed by atoms with Crippen molar-refractivity contribution in [1.82, 2.24) is 9.03 Å². The molecule has 1 fully saturated rings. The molecule has 0 atom stereocenters. The zero-order chi connectivity index (χ0) is 10.4. The first-order chi connectivity index (χ1) is 6.67. The summed E-state index contributed by atoms with van der Waals surface area (Å²) in [5.41, 5.74) is 0. The van der Waals surface area contributed by atoms with Crippen molar-refractivity contribution in [3.63, 3.8) is 0 Å². The molecular weight excluding hydrogens is 268 g/mol. The van der Waals surface area contributed by atoms with Gasteiger partial charge in [0.1, 0.15) is 0 Å². The number of piperidine rings is 1. The molecule has 0 bridgehead atoms. The maximum absolute atomic E-state index is 11.7. The van der Waals surface area contributed by atoms with Gasteiger partial charge in [0.15, 0.2) is 0 Å². The Morgan fingerprint density at radius 2 is 1.86 bits per heavy atom. The number of hydrogen-bond donors (Lipinski definition) is 1. The molecule has 0 aromatic heterocycles. The lowest BCUT2D eigenvalue weighted by Crippen LogP contribution is -2.43. The highest BCUT2D eigenvalue weighted by Gasteiger charge is 2.22. The van der Waals surface area contributed by atoms with E-state index in [1.54, 1.807) is 4.31 Å². The Hall–Kier alpha value is 0.350. The molecule has 0 aromatic carbocycles. The Bertz CT molecular complexity index is 250. The van der Waals surface area contributed by atoms with E-state index in [4.69, 9.17) is 0 Å². The molecule has 84 valence electrons. The van der Waals surface area contributed by atoms with E-state index in [9.17, 15) is 8.42 Å². The summed E-state index contributed by atoms with van der Waals surface area (Å²) >= 11 is 3.26. The zero-order valence-corrected chi connectivity index (χ0v) is 10.6. The van der Waals surface area contributed by atoms with E-state index in [0.717, 1.165) is 31.0 Å². The van der Waals surface area contributed by atoms with Crippen molar-refractivity contribution in [1.29, 1.82) is 0 Å². The second-order valence-corrected chi connectivity index (χ2v) is 5.95. The van der Waals surface area contributed by atoms with Gasteiger partial charge in [-0.05, 0) is 19.3 Å². The number of rotatable bonds is 5. The average molecular weight is 285 g/mol. The van der Waals surface area contributed by atoms with Crippen LogP contribution in [0.4, 0.5) is 0 Å². The summed E-state index contributed by atoms with van der Waals surface area (Å²) < 4.78 is 27.5. The maximum Gasteiger partial charge on any atom is 0.279 e. The predicted octanol–water partition coefficient (Wildman–Crippen LogP) is 1.09. The molecule has 14 heavy (non-hydrogen) atoms. The molecule has 1 aliphatic heterocycles. The van der Waals surface area contributed by atoms with Crippen molar-refractivity contribution in [3.8, 4) is 0 Å². The second-order valence-electron chi connectivity index (χ2n) is 3.40. The first kappa shape index (κ1) is 12.4. The van der Waals surface area contributed by atoms with Gasteiger partial charge in [0.25, 0.3) is 10.2 Å². The fourth-order valence-electron chi connectivity index (χ4n) is 1.46. The Balaban J connectivity index is 2.38. The van der Waals surface area contributed by atoms with E-state index in [1.165, 1.54) is 0 Å². The van der Waals surface area contributed by atoms with Crippen LogP contribution in [-0.4, -0.2) is 37.7 Å². The van der Waals surface area contributed by atoms with Gasteiger partial charge in [-0.1, -0.05) is 22.4 Å². The third-order valence-electron chi connectivity index (χ3n) is 2.25. The van der Waals surface area contributed by atoms with Crippen LogP contribution < -0.4 is 4.72 Å². The van der Waals surface area contributed by atoms with E-state index < -0.39 is 10.2 Å². The van der Waals surface area contributed by atoms with E-state index in [2.05, 4.69) is 20.7 Å². The van der Waals surface area contributed by atoms with Crippen LogP contribution in [0.25, 0.3) is 0 Å². The molecular formula is C8H17BrN2O2S. The highest BCUT2D eigenvalue weighted by Crippen LogP contribution is 2.11. The minimum absolute atomic E-state index is 0.518. The molecule has 0 amide bonds. The summed E-state index contributed by atoms with van der Waals surface area (Å²) in [6.07, 6.45) is 3.94. The van der Waals surface area contributed by atoms with Crippen molar-refractivity contribution in [2.24, 2.45) is 0 Å². The van der Waals surface area contributed by atoms with Crippen LogP contribution in [-0.2, 0) is 10.2 Å². The third-order valence-corrected chi connectivity index (χ3v) is 4.42. The SMILES string of the molecule is O=S(=O)(NCCCBr)N1CCCCC1. The topological polar surface area (TPSA) is 49.4 Å². The highest BCUT2D eigenvalue weighted by molar-refractivity contribution is 9.09. The predicted molar refractivity (Wildman–Crippen MR) is 60.8 cm³/mol. The molecule has 4 nitrogen and oxygen atoms in total. The van der Waals surface area contributed by atoms with Gasteiger partial charge in [0.05, 0.1) is 0 Å². The van der Waals surface area contributed by atoms with Crippen LogP contribution in [0.3, 0.4) is 0 Å². The van der Waals surface area contributed by atoms with E-state index in [0.29, 0.717) is 19.6 Å².